The molecule has 6 aliphatic rings. The predicted octanol–water partition coefficient (Wildman–Crippen LogP) is 5.95. The number of aryl methyl sites for hydroxylation is 1. The molecule has 12 amide bonds. The largest absolute Gasteiger partial charge is 0.417 e. The van der Waals surface area contributed by atoms with Crippen LogP contribution in [0.4, 0.5) is 13.2 Å². The first-order chi connectivity index (χ1) is 47.3. The summed E-state index contributed by atoms with van der Waals surface area (Å²) in [5, 5.41) is 8.06. The van der Waals surface area contributed by atoms with E-state index in [1.54, 1.807) is 4.90 Å². The number of likely N-dealkylation sites (N-methyl/N-ethyl adjacent to an activating group) is 7. The van der Waals surface area contributed by atoms with E-state index >= 15 is 28.8 Å². The van der Waals surface area contributed by atoms with Crippen molar-refractivity contribution in [2.24, 2.45) is 17.8 Å². The van der Waals surface area contributed by atoms with E-state index in [9.17, 15) is 41.9 Å². The Morgan fingerprint density at radius 2 is 1.23 bits per heavy atom. The molecule has 1 aromatic carbocycles. The van der Waals surface area contributed by atoms with Gasteiger partial charge in [-0.3, -0.25) is 57.5 Å². The average Bonchev–Trinajstić information content (AvgIpc) is 1.45. The lowest BCUT2D eigenvalue weighted by atomic mass is 9.81. The van der Waals surface area contributed by atoms with Crippen molar-refractivity contribution in [1.29, 1.82) is 0 Å². The number of hydrogen-bond acceptors (Lipinski definition) is 12. The van der Waals surface area contributed by atoms with Crippen molar-refractivity contribution in [2.75, 3.05) is 88.6 Å². The number of benzene rings is 1. The number of nitrogens with zero attached hydrogens (tertiary/aromatic N) is 9. The van der Waals surface area contributed by atoms with Gasteiger partial charge in [0.05, 0.1) is 36.6 Å². The second-order valence-electron chi connectivity index (χ2n) is 29.4. The molecule has 0 radical (unpaired) electrons. The molecule has 3 saturated carbocycles. The fourth-order valence-electron chi connectivity index (χ4n) is 15.6. The maximum atomic E-state index is 15.8. The number of alkyl halides is 3. The van der Waals surface area contributed by atoms with Crippen LogP contribution < -0.4 is 16.0 Å². The van der Waals surface area contributed by atoms with E-state index < -0.39 is 167 Å². The normalized spacial score (nSPS) is 26.6. The van der Waals surface area contributed by atoms with Gasteiger partial charge in [0.1, 0.15) is 47.8 Å². The Kier molecular flexibility index (Phi) is 28.8. The van der Waals surface area contributed by atoms with Gasteiger partial charge in [0.25, 0.3) is 0 Å². The van der Waals surface area contributed by atoms with E-state index in [4.69, 9.17) is 11.6 Å². The molecule has 3 aliphatic carbocycles. The van der Waals surface area contributed by atoms with Crippen LogP contribution in [0.1, 0.15) is 179 Å². The highest BCUT2D eigenvalue weighted by molar-refractivity contribution is 6.31. The molecule has 3 saturated heterocycles. The van der Waals surface area contributed by atoms with Crippen LogP contribution in [0.25, 0.3) is 0 Å². The lowest BCUT2D eigenvalue weighted by Gasteiger charge is -2.43. The quantitative estimate of drug-likeness (QED) is 0.217. The van der Waals surface area contributed by atoms with E-state index in [0.29, 0.717) is 63.6 Å². The zero-order valence-corrected chi connectivity index (χ0v) is 60.9. The lowest BCUT2D eigenvalue weighted by Crippen LogP contribution is -2.65. The average molecular weight is 1430 g/mol. The van der Waals surface area contributed by atoms with Crippen molar-refractivity contribution < 1.29 is 70.7 Å². The minimum absolute atomic E-state index is 0.0153. The molecule has 6 fully saturated rings. The van der Waals surface area contributed by atoms with Crippen molar-refractivity contribution in [3.05, 3.63) is 47.0 Å². The van der Waals surface area contributed by atoms with Crippen molar-refractivity contribution in [3.63, 3.8) is 0 Å². The first-order valence-electron chi connectivity index (χ1n) is 36.1. The van der Waals surface area contributed by atoms with Gasteiger partial charge in [-0.05, 0) is 125 Å². The molecule has 3 heterocycles. The zero-order valence-electron chi connectivity index (χ0n) is 60.1. The molecular weight excluding hydrogens is 1320 g/mol. The lowest BCUT2D eigenvalue weighted by molar-refractivity contribution is -0.157. The summed E-state index contributed by atoms with van der Waals surface area (Å²) in [5.74, 6) is -8.42. The highest BCUT2D eigenvalue weighted by Crippen LogP contribution is 2.38. The van der Waals surface area contributed by atoms with E-state index in [1.807, 2.05) is 13.8 Å². The van der Waals surface area contributed by atoms with Gasteiger partial charge in [-0.2, -0.15) is 13.2 Å². The van der Waals surface area contributed by atoms with Gasteiger partial charge in [0, 0.05) is 69.0 Å². The van der Waals surface area contributed by atoms with E-state index in [-0.39, 0.29) is 69.7 Å². The topological polar surface area (TPSA) is 270 Å². The molecular formula is C72H108ClF3N12O12. The maximum Gasteiger partial charge on any atom is 0.417 e. The van der Waals surface area contributed by atoms with Crippen molar-refractivity contribution in [3.8, 4) is 0 Å². The van der Waals surface area contributed by atoms with E-state index in [2.05, 4.69) is 22.5 Å². The number of carbonyl (C=O) groups excluding carboxylic acids is 12. The number of likely N-dealkylation sites (tertiary alicyclic amines) is 1. The summed E-state index contributed by atoms with van der Waals surface area (Å²) in [7, 11) is 9.91. The van der Waals surface area contributed by atoms with Crippen LogP contribution in [0.3, 0.4) is 0 Å². The second kappa shape index (κ2) is 36.0. The van der Waals surface area contributed by atoms with Gasteiger partial charge in [-0.1, -0.05) is 102 Å². The molecule has 24 nitrogen and oxygen atoms in total. The number of rotatable bonds is 11. The Labute approximate surface area is 592 Å². The third-order valence-corrected chi connectivity index (χ3v) is 21.9. The number of piperidine rings is 1. The molecule has 1 unspecified atom stereocenters. The number of halogens is 4. The number of nitrogens with one attached hydrogen (secondary N) is 3. The molecule has 3 aliphatic heterocycles. The first kappa shape index (κ1) is 80.0. The minimum Gasteiger partial charge on any atom is -0.343 e. The van der Waals surface area contributed by atoms with Gasteiger partial charge in [-0.25, -0.2) is 0 Å². The van der Waals surface area contributed by atoms with E-state index in [0.717, 1.165) is 84.6 Å². The van der Waals surface area contributed by atoms with Crippen LogP contribution in [0.15, 0.2) is 30.9 Å². The molecule has 7 atom stereocenters. The van der Waals surface area contributed by atoms with Crippen LogP contribution in [0, 0.1) is 17.8 Å². The Hall–Kier alpha value is -7.32. The summed E-state index contributed by atoms with van der Waals surface area (Å²) in [6.07, 6.45) is 7.92. The molecule has 0 aromatic heterocycles. The Bertz CT molecular complexity index is 3130. The fraction of sp³-hybridized carbons (Fsp3) is 0.722. The monoisotopic (exact) mass is 1420 g/mol. The van der Waals surface area contributed by atoms with Crippen LogP contribution >= 0.6 is 11.6 Å². The fourth-order valence-corrected chi connectivity index (χ4v) is 15.9. The SMILES string of the molecule is C=CC[C@@H]1NC(=O)[C@H](CC(C)C)N(C)C(=O)C[C@@H](C(=O)N2CCCCC2)N(C)C(=O)[C@H](C2CCCCC2)N(C)C(=O)C2(CCCC2)NC(=O)C2CCCN2C(=O)[C@H](CCc2ccc(C(F)(F)F)c(Cl)c2)NC(=O)CN(C)C(=O)[C@H](CC2CCCCC2)N(C)C(=O)CN(C)C(=O)CN(C)C1=O. The summed E-state index contributed by atoms with van der Waals surface area (Å²) >= 11 is 6.16. The van der Waals surface area contributed by atoms with Gasteiger partial charge in [0.15, 0.2) is 0 Å². The third kappa shape index (κ3) is 20.3. The summed E-state index contributed by atoms with van der Waals surface area (Å²) in [5.41, 5.74) is -2.34. The van der Waals surface area contributed by atoms with Gasteiger partial charge < -0.3 is 60.0 Å². The minimum atomic E-state index is -4.76. The second-order valence-corrected chi connectivity index (χ2v) is 29.8. The molecule has 1 spiro atoms. The number of carbonyl (C=O) groups is 12. The Morgan fingerprint density at radius 1 is 0.630 bits per heavy atom. The van der Waals surface area contributed by atoms with Gasteiger partial charge in [-0.15, -0.1) is 6.58 Å². The highest BCUT2D eigenvalue weighted by atomic mass is 35.5. The number of hydrogen-bond donors (Lipinski definition) is 3. The summed E-state index contributed by atoms with van der Waals surface area (Å²) in [4.78, 5) is 190. The molecule has 0 bridgehead atoms. The first-order valence-corrected chi connectivity index (χ1v) is 36.4. The van der Waals surface area contributed by atoms with E-state index in [1.165, 1.54) is 86.0 Å². The summed E-state index contributed by atoms with van der Waals surface area (Å²) in [6.45, 7) is 6.57. The molecule has 7 rings (SSSR count). The summed E-state index contributed by atoms with van der Waals surface area (Å²) < 4.78 is 41.6. The Morgan fingerprint density at radius 3 is 1.84 bits per heavy atom. The molecule has 3 N–H and O–H groups in total. The Balaban J connectivity index is 1.28. The van der Waals surface area contributed by atoms with Crippen molar-refractivity contribution >= 4 is 82.5 Å². The standard InChI is InChI=1S/C72H108ClF3N12O12/c1-11-24-52-65(95)82(6)44-60(91)80(4)45-61(92)84(8)56(41-47-25-15-12-16-26-47)67(97)81(5)43-58(89)77-53(33-31-48-30-32-50(51(73)40-48)72(74,75)76)66(96)88-38-23-29-54(88)64(94)79-71(34-19-20-35-71)70(100)86(10)62(49-27-17-13-18-28-49)69(99)85(9)57(68(98)87-36-21-14-22-37-87)42-59(90)83(7)55(39-46(2)3)63(93)78-52/h11,30,32,40,46-47,49,52-57,62H,1,12-29,31,33-39,41-45H2,2-10H3,(H,77,89)(H,78,93)(H,79,94)/t52-,53-,54?,55-,56-,57-,62-/m0/s1. The van der Waals surface area contributed by atoms with Crippen LogP contribution in [-0.4, -0.2) is 251 Å². The van der Waals surface area contributed by atoms with Crippen molar-refractivity contribution in [2.45, 2.75) is 228 Å². The van der Waals surface area contributed by atoms with Crippen LogP contribution in [0.5, 0.6) is 0 Å². The number of amides is 12. The molecule has 28 heteroatoms. The van der Waals surface area contributed by atoms with Gasteiger partial charge >= 0.3 is 6.18 Å². The number of fused-ring (bicyclic) bond motifs is 1. The molecule has 556 valence electrons. The molecule has 1 aromatic rings. The van der Waals surface area contributed by atoms with Crippen molar-refractivity contribution in [1.82, 2.24) is 60.0 Å². The summed E-state index contributed by atoms with van der Waals surface area (Å²) in [6, 6.07) is -5.66. The van der Waals surface area contributed by atoms with Crippen LogP contribution in [-0.2, 0) is 70.1 Å². The zero-order chi connectivity index (χ0) is 73.5. The molecule has 100 heavy (non-hydrogen) atoms. The van der Waals surface area contributed by atoms with Crippen LogP contribution in [0.2, 0.25) is 5.02 Å². The van der Waals surface area contributed by atoms with Gasteiger partial charge in [0.2, 0.25) is 70.9 Å². The maximum absolute atomic E-state index is 15.8. The third-order valence-electron chi connectivity index (χ3n) is 21.6. The highest BCUT2D eigenvalue weighted by Gasteiger charge is 2.51. The smallest absolute Gasteiger partial charge is 0.343 e. The predicted molar refractivity (Wildman–Crippen MR) is 369 cm³/mol.